The SMILES string of the molecule is O=C(Cn1c2c(ccc1=O)C(=O)CCC2)NCCO. The zero-order valence-corrected chi connectivity index (χ0v) is 10.5. The van der Waals surface area contributed by atoms with Crippen LogP contribution in [0.4, 0.5) is 0 Å². The largest absolute Gasteiger partial charge is 0.395 e. The van der Waals surface area contributed by atoms with E-state index < -0.39 is 0 Å². The van der Waals surface area contributed by atoms with Gasteiger partial charge in [-0.05, 0) is 18.9 Å². The summed E-state index contributed by atoms with van der Waals surface area (Å²) in [5, 5.41) is 11.1. The molecule has 0 radical (unpaired) electrons. The average molecular weight is 264 g/mol. The first kappa shape index (κ1) is 13.5. The molecule has 1 heterocycles. The second-order valence-electron chi connectivity index (χ2n) is 4.47. The fourth-order valence-corrected chi connectivity index (χ4v) is 2.26. The molecule has 0 atom stereocenters. The molecule has 19 heavy (non-hydrogen) atoms. The maximum Gasteiger partial charge on any atom is 0.251 e. The number of nitrogens with zero attached hydrogens (tertiary/aromatic N) is 1. The average Bonchev–Trinajstić information content (AvgIpc) is 2.40. The number of aromatic nitrogens is 1. The third-order valence-corrected chi connectivity index (χ3v) is 3.15. The first-order valence-corrected chi connectivity index (χ1v) is 6.27. The van der Waals surface area contributed by atoms with Gasteiger partial charge in [0.2, 0.25) is 5.91 Å². The number of hydrogen-bond donors (Lipinski definition) is 2. The van der Waals surface area contributed by atoms with Crippen molar-refractivity contribution in [2.45, 2.75) is 25.8 Å². The molecule has 6 nitrogen and oxygen atoms in total. The molecule has 1 aliphatic carbocycles. The Labute approximate surface area is 110 Å². The van der Waals surface area contributed by atoms with Gasteiger partial charge in [0.25, 0.3) is 5.56 Å². The van der Waals surface area contributed by atoms with Gasteiger partial charge in [0.15, 0.2) is 5.78 Å². The van der Waals surface area contributed by atoms with E-state index in [2.05, 4.69) is 5.32 Å². The second-order valence-corrected chi connectivity index (χ2v) is 4.47. The van der Waals surface area contributed by atoms with Gasteiger partial charge >= 0.3 is 0 Å². The normalized spacial score (nSPS) is 14.1. The number of hydrogen-bond acceptors (Lipinski definition) is 4. The number of pyridine rings is 1. The summed E-state index contributed by atoms with van der Waals surface area (Å²) in [5.74, 6) is -0.326. The topological polar surface area (TPSA) is 88.4 Å². The molecule has 0 aliphatic heterocycles. The summed E-state index contributed by atoms with van der Waals surface area (Å²) >= 11 is 0. The summed E-state index contributed by atoms with van der Waals surface area (Å²) < 4.78 is 1.35. The van der Waals surface area contributed by atoms with Gasteiger partial charge in [-0.25, -0.2) is 0 Å². The molecule has 1 amide bonds. The van der Waals surface area contributed by atoms with E-state index in [0.29, 0.717) is 30.5 Å². The lowest BCUT2D eigenvalue weighted by molar-refractivity contribution is -0.121. The molecule has 1 aliphatic rings. The maximum absolute atomic E-state index is 11.8. The van der Waals surface area contributed by atoms with Crippen LogP contribution in [0, 0.1) is 0 Å². The molecular formula is C13H16N2O4. The number of fused-ring (bicyclic) bond motifs is 1. The Hall–Kier alpha value is -1.95. The van der Waals surface area contributed by atoms with Gasteiger partial charge in [-0.15, -0.1) is 0 Å². The Balaban J connectivity index is 2.29. The molecule has 1 aromatic rings. The van der Waals surface area contributed by atoms with Crippen LogP contribution in [0.1, 0.15) is 28.9 Å². The molecule has 1 aromatic heterocycles. The highest BCUT2D eigenvalue weighted by atomic mass is 16.3. The van der Waals surface area contributed by atoms with Gasteiger partial charge in [-0.1, -0.05) is 0 Å². The maximum atomic E-state index is 11.8. The van der Waals surface area contributed by atoms with Crippen LogP contribution in [-0.2, 0) is 17.8 Å². The van der Waals surface area contributed by atoms with Crippen molar-refractivity contribution in [3.8, 4) is 0 Å². The van der Waals surface area contributed by atoms with Gasteiger partial charge in [-0.2, -0.15) is 0 Å². The highest BCUT2D eigenvalue weighted by Gasteiger charge is 2.21. The van der Waals surface area contributed by atoms with Crippen molar-refractivity contribution in [3.63, 3.8) is 0 Å². The Kier molecular flexibility index (Phi) is 4.11. The van der Waals surface area contributed by atoms with Crippen LogP contribution in [0.5, 0.6) is 0 Å². The Morgan fingerprint density at radius 2 is 2.11 bits per heavy atom. The Bertz CT molecular complexity index is 562. The van der Waals surface area contributed by atoms with Crippen LogP contribution in [0.15, 0.2) is 16.9 Å². The van der Waals surface area contributed by atoms with Gasteiger partial charge in [-0.3, -0.25) is 14.4 Å². The number of carbonyl (C=O) groups is 2. The molecular weight excluding hydrogens is 248 g/mol. The smallest absolute Gasteiger partial charge is 0.251 e. The molecule has 0 fully saturated rings. The molecule has 0 spiro atoms. The summed E-state index contributed by atoms with van der Waals surface area (Å²) in [6, 6.07) is 2.86. The quantitative estimate of drug-likeness (QED) is 0.765. The van der Waals surface area contributed by atoms with Crippen molar-refractivity contribution in [3.05, 3.63) is 33.7 Å². The van der Waals surface area contributed by atoms with E-state index in [0.717, 1.165) is 0 Å². The molecule has 2 rings (SSSR count). The summed E-state index contributed by atoms with van der Waals surface area (Å²) in [4.78, 5) is 35.2. The van der Waals surface area contributed by atoms with Crippen LogP contribution in [0.25, 0.3) is 0 Å². The molecule has 0 saturated heterocycles. The fraction of sp³-hybridized carbons (Fsp3) is 0.462. The first-order chi connectivity index (χ1) is 9.13. The third kappa shape index (κ3) is 2.90. The number of rotatable bonds is 4. The van der Waals surface area contributed by atoms with Crippen molar-refractivity contribution in [2.24, 2.45) is 0 Å². The van der Waals surface area contributed by atoms with Crippen LogP contribution in [-0.4, -0.2) is 34.5 Å². The minimum atomic E-state index is -0.345. The van der Waals surface area contributed by atoms with E-state index in [1.54, 1.807) is 6.07 Å². The molecule has 0 bridgehead atoms. The van der Waals surface area contributed by atoms with Crippen LogP contribution in [0.2, 0.25) is 0 Å². The summed E-state index contributed by atoms with van der Waals surface area (Å²) in [7, 11) is 0. The molecule has 2 N–H and O–H groups in total. The highest BCUT2D eigenvalue weighted by molar-refractivity contribution is 5.98. The van der Waals surface area contributed by atoms with Crippen LogP contribution in [0.3, 0.4) is 0 Å². The number of ketones is 1. The number of aliphatic hydroxyl groups excluding tert-OH is 1. The first-order valence-electron chi connectivity index (χ1n) is 6.27. The van der Waals surface area contributed by atoms with Crippen LogP contribution < -0.4 is 10.9 Å². The minimum absolute atomic E-state index is 0.0192. The van der Waals surface area contributed by atoms with E-state index in [1.165, 1.54) is 10.6 Å². The van der Waals surface area contributed by atoms with E-state index in [4.69, 9.17) is 5.11 Å². The summed E-state index contributed by atoms with van der Waals surface area (Å²) in [6.45, 7) is -0.108. The molecule has 102 valence electrons. The lowest BCUT2D eigenvalue weighted by Gasteiger charge is -2.19. The molecule has 0 aromatic carbocycles. The van der Waals surface area contributed by atoms with Crippen LogP contribution >= 0.6 is 0 Å². The van der Waals surface area contributed by atoms with Gasteiger partial charge < -0.3 is 15.0 Å². The van der Waals surface area contributed by atoms with Crippen molar-refractivity contribution in [1.82, 2.24) is 9.88 Å². The predicted molar refractivity (Wildman–Crippen MR) is 68.1 cm³/mol. The number of Topliss-reactive ketones (excluding diaryl/α,β-unsaturated/α-hetero) is 1. The minimum Gasteiger partial charge on any atom is -0.395 e. The standard InChI is InChI=1S/C13H16N2O4/c16-7-6-14-12(18)8-15-10-2-1-3-11(17)9(10)4-5-13(15)19/h4-5,16H,1-3,6-8H2,(H,14,18). The highest BCUT2D eigenvalue weighted by Crippen LogP contribution is 2.19. The Morgan fingerprint density at radius 3 is 2.84 bits per heavy atom. The third-order valence-electron chi connectivity index (χ3n) is 3.15. The van der Waals surface area contributed by atoms with Crippen molar-refractivity contribution < 1.29 is 14.7 Å². The predicted octanol–water partition coefficient (Wildman–Crippen LogP) is -0.524. The zero-order valence-electron chi connectivity index (χ0n) is 10.5. The van der Waals surface area contributed by atoms with Crippen molar-refractivity contribution >= 4 is 11.7 Å². The number of amides is 1. The number of nitrogens with one attached hydrogen (secondary N) is 1. The zero-order chi connectivity index (χ0) is 13.8. The second kappa shape index (κ2) is 5.79. The molecule has 6 heteroatoms. The number of carbonyl (C=O) groups excluding carboxylic acids is 2. The van der Waals surface area contributed by atoms with E-state index in [9.17, 15) is 14.4 Å². The van der Waals surface area contributed by atoms with Gasteiger partial charge in [0.1, 0.15) is 6.54 Å². The van der Waals surface area contributed by atoms with E-state index in [-0.39, 0.29) is 36.9 Å². The lowest BCUT2D eigenvalue weighted by Crippen LogP contribution is -2.36. The van der Waals surface area contributed by atoms with E-state index >= 15 is 0 Å². The van der Waals surface area contributed by atoms with Crippen molar-refractivity contribution in [2.75, 3.05) is 13.2 Å². The summed E-state index contributed by atoms with van der Waals surface area (Å²) in [5.41, 5.74) is 0.899. The molecule has 0 unspecified atom stereocenters. The summed E-state index contributed by atoms with van der Waals surface area (Å²) in [6.07, 6.45) is 1.82. The van der Waals surface area contributed by atoms with Gasteiger partial charge in [0, 0.05) is 30.3 Å². The molecule has 0 saturated carbocycles. The van der Waals surface area contributed by atoms with E-state index in [1.807, 2.05) is 0 Å². The van der Waals surface area contributed by atoms with Gasteiger partial charge in [0.05, 0.1) is 6.61 Å². The lowest BCUT2D eigenvalue weighted by atomic mass is 9.94. The monoisotopic (exact) mass is 264 g/mol. The Morgan fingerprint density at radius 1 is 1.32 bits per heavy atom. The van der Waals surface area contributed by atoms with Crippen molar-refractivity contribution in [1.29, 1.82) is 0 Å². The fourth-order valence-electron chi connectivity index (χ4n) is 2.26. The number of aliphatic hydroxyl groups is 1.